The molecule has 106 valence electrons. The maximum Gasteiger partial charge on any atom is 0.0686 e. The van der Waals surface area contributed by atoms with Gasteiger partial charge in [0, 0.05) is 6.61 Å². The fourth-order valence-electron chi connectivity index (χ4n) is 3.68. The van der Waals surface area contributed by atoms with Crippen molar-refractivity contribution in [1.82, 2.24) is 0 Å². The highest BCUT2D eigenvalue weighted by molar-refractivity contribution is 4.91. The van der Waals surface area contributed by atoms with Crippen molar-refractivity contribution in [2.45, 2.75) is 83.3 Å². The van der Waals surface area contributed by atoms with Crippen LogP contribution in [0.4, 0.5) is 0 Å². The Hall–Kier alpha value is -0.0800. The molecule has 0 bridgehead atoms. The molecule has 1 spiro atoms. The summed E-state index contributed by atoms with van der Waals surface area (Å²) in [5.41, 5.74) is 0.139. The Balaban J connectivity index is 1.85. The highest BCUT2D eigenvalue weighted by atomic mass is 16.5. The summed E-state index contributed by atoms with van der Waals surface area (Å²) in [7, 11) is 0. The minimum atomic E-state index is -0.102. The van der Waals surface area contributed by atoms with Gasteiger partial charge in [0.1, 0.15) is 0 Å². The van der Waals surface area contributed by atoms with Gasteiger partial charge in [-0.25, -0.2) is 0 Å². The molecule has 0 aromatic heterocycles. The number of hydrogen-bond acceptors (Lipinski definition) is 2. The zero-order valence-corrected chi connectivity index (χ0v) is 12.2. The van der Waals surface area contributed by atoms with Gasteiger partial charge >= 0.3 is 0 Å². The average Bonchev–Trinajstić information content (AvgIpc) is 2.37. The molecule has 1 saturated carbocycles. The Morgan fingerprint density at radius 1 is 1.17 bits per heavy atom. The van der Waals surface area contributed by atoms with Crippen molar-refractivity contribution < 1.29 is 9.84 Å². The molecule has 0 amide bonds. The van der Waals surface area contributed by atoms with Crippen LogP contribution in [0.5, 0.6) is 0 Å². The van der Waals surface area contributed by atoms with Crippen LogP contribution in [-0.4, -0.2) is 23.4 Å². The second-order valence-corrected chi connectivity index (χ2v) is 6.88. The molecule has 1 aliphatic heterocycles. The molecule has 2 heteroatoms. The Labute approximate surface area is 112 Å². The third kappa shape index (κ3) is 3.71. The number of aliphatic hydroxyl groups is 1. The topological polar surface area (TPSA) is 29.5 Å². The predicted octanol–water partition coefficient (Wildman–Crippen LogP) is 3.91. The van der Waals surface area contributed by atoms with E-state index in [1.807, 2.05) is 0 Å². The van der Waals surface area contributed by atoms with Crippen LogP contribution in [0, 0.1) is 11.8 Å². The van der Waals surface area contributed by atoms with Crippen LogP contribution in [0.2, 0.25) is 0 Å². The molecule has 2 atom stereocenters. The lowest BCUT2D eigenvalue weighted by molar-refractivity contribution is -0.134. The summed E-state index contributed by atoms with van der Waals surface area (Å²) in [4.78, 5) is 0. The fourth-order valence-corrected chi connectivity index (χ4v) is 3.68. The molecule has 0 radical (unpaired) electrons. The van der Waals surface area contributed by atoms with Crippen molar-refractivity contribution in [2.24, 2.45) is 11.8 Å². The Bertz CT molecular complexity index is 238. The molecule has 2 rings (SSSR count). The van der Waals surface area contributed by atoms with Crippen LogP contribution in [0.15, 0.2) is 0 Å². The van der Waals surface area contributed by atoms with Crippen LogP contribution >= 0.6 is 0 Å². The summed E-state index contributed by atoms with van der Waals surface area (Å²) in [5, 5.41) is 10.4. The summed E-state index contributed by atoms with van der Waals surface area (Å²) in [6, 6.07) is 0. The molecule has 1 aliphatic carbocycles. The van der Waals surface area contributed by atoms with Crippen LogP contribution in [0.1, 0.15) is 71.6 Å². The summed E-state index contributed by atoms with van der Waals surface area (Å²) < 4.78 is 6.10. The van der Waals surface area contributed by atoms with E-state index < -0.39 is 0 Å². The summed E-state index contributed by atoms with van der Waals surface area (Å²) in [5.74, 6) is 1.18. The van der Waals surface area contributed by atoms with Gasteiger partial charge in [-0.15, -0.1) is 0 Å². The highest BCUT2D eigenvalue weighted by Crippen LogP contribution is 2.42. The van der Waals surface area contributed by atoms with Gasteiger partial charge in [0.2, 0.25) is 0 Å². The van der Waals surface area contributed by atoms with Crippen LogP contribution < -0.4 is 0 Å². The first kappa shape index (κ1) is 14.3. The minimum Gasteiger partial charge on any atom is -0.393 e. The third-order valence-corrected chi connectivity index (χ3v) is 4.88. The van der Waals surface area contributed by atoms with Crippen LogP contribution in [0.25, 0.3) is 0 Å². The molecular formula is C16H30O2. The number of hydrogen-bond donors (Lipinski definition) is 1. The van der Waals surface area contributed by atoms with Gasteiger partial charge in [0.15, 0.2) is 0 Å². The lowest BCUT2D eigenvalue weighted by Crippen LogP contribution is -2.44. The fraction of sp³-hybridized carbons (Fsp3) is 1.00. The highest BCUT2D eigenvalue weighted by Gasteiger charge is 2.40. The Morgan fingerprint density at radius 2 is 1.89 bits per heavy atom. The summed E-state index contributed by atoms with van der Waals surface area (Å²) in [6.07, 6.45) is 10.6. The molecule has 2 unspecified atom stereocenters. The molecule has 18 heavy (non-hydrogen) atoms. The molecular weight excluding hydrogens is 224 g/mol. The van der Waals surface area contributed by atoms with Crippen molar-refractivity contribution >= 4 is 0 Å². The van der Waals surface area contributed by atoms with Gasteiger partial charge in [0.25, 0.3) is 0 Å². The second-order valence-electron chi connectivity index (χ2n) is 6.88. The van der Waals surface area contributed by atoms with Gasteiger partial charge in [-0.1, -0.05) is 33.1 Å². The van der Waals surface area contributed by atoms with Gasteiger partial charge in [0.05, 0.1) is 11.7 Å². The molecule has 2 aliphatic rings. The van der Waals surface area contributed by atoms with Crippen molar-refractivity contribution in [2.75, 3.05) is 6.61 Å². The van der Waals surface area contributed by atoms with Gasteiger partial charge in [-0.3, -0.25) is 0 Å². The Kier molecular flexibility index (Phi) is 5.08. The third-order valence-electron chi connectivity index (χ3n) is 4.88. The van der Waals surface area contributed by atoms with Gasteiger partial charge in [-0.2, -0.15) is 0 Å². The maximum atomic E-state index is 10.4. The molecule has 1 N–H and O–H groups in total. The van der Waals surface area contributed by atoms with Gasteiger partial charge in [-0.05, 0) is 50.4 Å². The van der Waals surface area contributed by atoms with Gasteiger partial charge < -0.3 is 9.84 Å². The van der Waals surface area contributed by atoms with Crippen LogP contribution in [0.3, 0.4) is 0 Å². The molecule has 0 aromatic carbocycles. The smallest absolute Gasteiger partial charge is 0.0686 e. The molecule has 0 aromatic rings. The number of aliphatic hydroxyl groups excluding tert-OH is 1. The van der Waals surface area contributed by atoms with E-state index in [0.29, 0.717) is 11.8 Å². The Morgan fingerprint density at radius 3 is 2.56 bits per heavy atom. The molecule has 1 heterocycles. The normalized spacial score (nSPS) is 29.7. The first-order valence-corrected chi connectivity index (χ1v) is 7.93. The van der Waals surface area contributed by atoms with Crippen molar-refractivity contribution in [1.29, 1.82) is 0 Å². The van der Waals surface area contributed by atoms with E-state index in [9.17, 15) is 5.11 Å². The maximum absolute atomic E-state index is 10.4. The van der Waals surface area contributed by atoms with E-state index in [-0.39, 0.29) is 11.7 Å². The summed E-state index contributed by atoms with van der Waals surface area (Å²) in [6.45, 7) is 5.34. The predicted molar refractivity (Wildman–Crippen MR) is 74.6 cm³/mol. The van der Waals surface area contributed by atoms with Crippen molar-refractivity contribution in [3.8, 4) is 0 Å². The zero-order valence-electron chi connectivity index (χ0n) is 12.2. The SMILES string of the molecule is CC(C)CCC(O)C1CCOC2(CCCCC2)C1. The standard InChI is InChI=1S/C16H30O2/c1-13(2)6-7-15(17)14-8-11-18-16(12-14)9-4-3-5-10-16/h13-15,17H,3-12H2,1-2H3. The minimum absolute atomic E-state index is 0.102. The lowest BCUT2D eigenvalue weighted by atomic mass is 9.74. The van der Waals surface area contributed by atoms with Crippen molar-refractivity contribution in [3.05, 3.63) is 0 Å². The largest absolute Gasteiger partial charge is 0.393 e. The second kappa shape index (κ2) is 6.38. The zero-order chi connectivity index (χ0) is 13.0. The monoisotopic (exact) mass is 254 g/mol. The van der Waals surface area contributed by atoms with Crippen molar-refractivity contribution in [3.63, 3.8) is 0 Å². The summed E-state index contributed by atoms with van der Waals surface area (Å²) >= 11 is 0. The molecule has 2 fully saturated rings. The molecule has 2 nitrogen and oxygen atoms in total. The van der Waals surface area contributed by atoms with Crippen LogP contribution in [-0.2, 0) is 4.74 Å². The van der Waals surface area contributed by atoms with E-state index in [4.69, 9.17) is 4.74 Å². The van der Waals surface area contributed by atoms with E-state index in [1.54, 1.807) is 0 Å². The first-order valence-electron chi connectivity index (χ1n) is 7.93. The quantitative estimate of drug-likeness (QED) is 0.824. The lowest BCUT2D eigenvalue weighted by Gasteiger charge is -2.44. The molecule has 1 saturated heterocycles. The van der Waals surface area contributed by atoms with E-state index in [1.165, 1.54) is 32.1 Å². The van der Waals surface area contributed by atoms with E-state index in [2.05, 4.69) is 13.8 Å². The number of ether oxygens (including phenoxy) is 1. The first-order chi connectivity index (χ1) is 8.61. The number of rotatable bonds is 4. The average molecular weight is 254 g/mol. The van der Waals surface area contributed by atoms with E-state index >= 15 is 0 Å². The van der Waals surface area contributed by atoms with E-state index in [0.717, 1.165) is 32.3 Å².